The molecule has 0 spiro atoms. The lowest BCUT2D eigenvalue weighted by molar-refractivity contribution is 0.304. The first-order valence-corrected chi connectivity index (χ1v) is 10.6. The van der Waals surface area contributed by atoms with E-state index in [1.54, 1.807) is 0 Å². The Kier molecular flexibility index (Phi) is 7.29. The van der Waals surface area contributed by atoms with Crippen molar-refractivity contribution in [1.82, 2.24) is 0 Å². The van der Waals surface area contributed by atoms with Crippen molar-refractivity contribution in [1.29, 1.82) is 0 Å². The Morgan fingerprint density at radius 3 is 2.32 bits per heavy atom. The Balaban J connectivity index is 1.80. The van der Waals surface area contributed by atoms with Crippen LogP contribution in [0.15, 0.2) is 74.6 Å². The second-order valence-electron chi connectivity index (χ2n) is 6.27. The minimum atomic E-state index is 0.490. The van der Waals surface area contributed by atoms with E-state index in [1.807, 2.05) is 49.5 Å². The van der Waals surface area contributed by atoms with Crippen LogP contribution in [-0.4, -0.2) is 12.8 Å². The van der Waals surface area contributed by atoms with Gasteiger partial charge in [0.25, 0.3) is 0 Å². The Bertz CT molecular complexity index is 952. The highest BCUT2D eigenvalue weighted by Crippen LogP contribution is 2.33. The molecule has 0 atom stereocenters. The molecule has 0 saturated carbocycles. The molecule has 0 aliphatic rings. The Labute approximate surface area is 182 Å². The fourth-order valence-corrected chi connectivity index (χ4v) is 3.98. The van der Waals surface area contributed by atoms with Crippen LogP contribution in [0.3, 0.4) is 0 Å². The summed E-state index contributed by atoms with van der Waals surface area (Å²) in [6.45, 7) is 5.18. The van der Waals surface area contributed by atoms with E-state index in [-0.39, 0.29) is 0 Å². The van der Waals surface area contributed by atoms with E-state index in [2.05, 4.69) is 68.0 Å². The van der Waals surface area contributed by atoms with Crippen molar-refractivity contribution < 1.29 is 9.47 Å². The summed E-state index contributed by atoms with van der Waals surface area (Å²) in [6.07, 6.45) is 1.82. The van der Waals surface area contributed by atoms with Crippen LogP contribution in [0.5, 0.6) is 11.5 Å². The molecule has 144 valence electrons. The molecule has 28 heavy (non-hydrogen) atoms. The van der Waals surface area contributed by atoms with Crippen LogP contribution in [-0.2, 0) is 6.61 Å². The van der Waals surface area contributed by atoms with Crippen molar-refractivity contribution in [3.05, 3.63) is 86.3 Å². The number of ether oxygens (including phenoxy) is 2. The highest BCUT2D eigenvalue weighted by atomic mass is 79.9. The molecule has 0 heterocycles. The van der Waals surface area contributed by atoms with Gasteiger partial charge in [-0.15, -0.1) is 0 Å². The fourth-order valence-electron chi connectivity index (χ4n) is 2.61. The van der Waals surface area contributed by atoms with E-state index in [9.17, 15) is 0 Å². The number of benzene rings is 3. The van der Waals surface area contributed by atoms with Crippen molar-refractivity contribution >= 4 is 43.8 Å². The summed E-state index contributed by atoms with van der Waals surface area (Å²) in [4.78, 5) is 4.58. The Morgan fingerprint density at radius 1 is 0.929 bits per heavy atom. The fraction of sp³-hybridized carbons (Fsp3) is 0.174. The second kappa shape index (κ2) is 9.89. The average Bonchev–Trinajstić information content (AvgIpc) is 2.68. The largest absolute Gasteiger partial charge is 0.494 e. The van der Waals surface area contributed by atoms with E-state index >= 15 is 0 Å². The van der Waals surface area contributed by atoms with Crippen molar-refractivity contribution in [3.8, 4) is 11.5 Å². The highest BCUT2D eigenvalue weighted by molar-refractivity contribution is 9.11. The summed E-state index contributed by atoms with van der Waals surface area (Å²) in [5, 5.41) is 0. The number of hydrogen-bond acceptors (Lipinski definition) is 3. The molecule has 0 N–H and O–H groups in total. The molecule has 0 aromatic heterocycles. The van der Waals surface area contributed by atoms with Crippen LogP contribution in [0, 0.1) is 6.92 Å². The number of rotatable bonds is 7. The van der Waals surface area contributed by atoms with Crippen molar-refractivity contribution in [2.45, 2.75) is 20.5 Å². The predicted octanol–water partition coefficient (Wildman–Crippen LogP) is 7.25. The standard InChI is InChI=1S/C23H21Br2NO2/c1-3-27-21-10-8-20(9-11-21)26-14-18-12-19(24)13-22(25)23(18)28-15-17-6-4-16(2)5-7-17/h4-14H,3,15H2,1-2H3. The zero-order valence-corrected chi connectivity index (χ0v) is 19.0. The number of nitrogens with zero attached hydrogens (tertiary/aromatic N) is 1. The maximum absolute atomic E-state index is 6.11. The van der Waals surface area contributed by atoms with E-state index in [0.29, 0.717) is 13.2 Å². The van der Waals surface area contributed by atoms with Gasteiger partial charge in [0.05, 0.1) is 16.8 Å². The van der Waals surface area contributed by atoms with E-state index in [0.717, 1.165) is 37.3 Å². The summed E-state index contributed by atoms with van der Waals surface area (Å²) in [5.41, 5.74) is 4.10. The SMILES string of the molecule is CCOc1ccc(N=Cc2cc(Br)cc(Br)c2OCc2ccc(C)cc2)cc1. The van der Waals surface area contributed by atoms with Gasteiger partial charge in [0.1, 0.15) is 18.1 Å². The molecular weight excluding hydrogens is 482 g/mol. The van der Waals surface area contributed by atoms with Gasteiger partial charge in [-0.05, 0) is 71.7 Å². The van der Waals surface area contributed by atoms with Gasteiger partial charge in [0, 0.05) is 16.3 Å². The van der Waals surface area contributed by atoms with Crippen molar-refractivity contribution in [2.24, 2.45) is 4.99 Å². The summed E-state index contributed by atoms with van der Waals surface area (Å²) >= 11 is 7.14. The third-order valence-electron chi connectivity index (χ3n) is 4.04. The molecular formula is C23H21Br2NO2. The van der Waals surface area contributed by atoms with Gasteiger partial charge in [-0.25, -0.2) is 0 Å². The minimum Gasteiger partial charge on any atom is -0.494 e. The molecule has 3 aromatic carbocycles. The third kappa shape index (κ3) is 5.69. The zero-order valence-electron chi connectivity index (χ0n) is 15.8. The van der Waals surface area contributed by atoms with Gasteiger partial charge in [0.15, 0.2) is 0 Å². The van der Waals surface area contributed by atoms with E-state index in [1.165, 1.54) is 5.56 Å². The Morgan fingerprint density at radius 2 is 1.64 bits per heavy atom. The molecule has 0 unspecified atom stereocenters. The normalized spacial score (nSPS) is 11.0. The molecule has 0 fully saturated rings. The molecule has 3 aromatic rings. The number of hydrogen-bond donors (Lipinski definition) is 0. The van der Waals surface area contributed by atoms with Gasteiger partial charge < -0.3 is 9.47 Å². The molecule has 0 amide bonds. The van der Waals surface area contributed by atoms with Crippen molar-refractivity contribution in [3.63, 3.8) is 0 Å². The van der Waals surface area contributed by atoms with Crippen LogP contribution in [0.1, 0.15) is 23.6 Å². The Hall–Kier alpha value is -2.11. The van der Waals surface area contributed by atoms with Crippen molar-refractivity contribution in [2.75, 3.05) is 6.61 Å². The first-order valence-electron chi connectivity index (χ1n) is 8.99. The number of aryl methyl sites for hydroxylation is 1. The van der Waals surface area contributed by atoms with Gasteiger partial charge >= 0.3 is 0 Å². The second-order valence-corrected chi connectivity index (χ2v) is 8.04. The summed E-state index contributed by atoms with van der Waals surface area (Å²) in [7, 11) is 0. The number of halogens is 2. The van der Waals surface area contributed by atoms with Crippen LogP contribution in [0.2, 0.25) is 0 Å². The topological polar surface area (TPSA) is 30.8 Å². The molecule has 0 aliphatic heterocycles. The van der Waals surface area contributed by atoms with Crippen LogP contribution >= 0.6 is 31.9 Å². The molecule has 3 nitrogen and oxygen atoms in total. The summed E-state index contributed by atoms with van der Waals surface area (Å²) in [6, 6.07) is 20.0. The smallest absolute Gasteiger partial charge is 0.142 e. The maximum atomic E-state index is 6.11. The molecule has 0 radical (unpaired) electrons. The first-order chi connectivity index (χ1) is 13.5. The van der Waals surface area contributed by atoms with Gasteiger partial charge in [-0.2, -0.15) is 0 Å². The summed E-state index contributed by atoms with van der Waals surface area (Å²) < 4.78 is 13.4. The molecule has 0 bridgehead atoms. The average molecular weight is 503 g/mol. The summed E-state index contributed by atoms with van der Waals surface area (Å²) in [5.74, 6) is 1.60. The molecule has 0 aliphatic carbocycles. The quantitative estimate of drug-likeness (QED) is 0.318. The molecule has 3 rings (SSSR count). The first kappa shape index (κ1) is 20.6. The minimum absolute atomic E-state index is 0.490. The van der Waals surface area contributed by atoms with Crippen LogP contribution < -0.4 is 9.47 Å². The lowest BCUT2D eigenvalue weighted by Crippen LogP contribution is -1.99. The van der Waals surface area contributed by atoms with Gasteiger partial charge in [0.2, 0.25) is 0 Å². The monoisotopic (exact) mass is 501 g/mol. The lowest BCUT2D eigenvalue weighted by Gasteiger charge is -2.12. The van der Waals surface area contributed by atoms with E-state index in [4.69, 9.17) is 9.47 Å². The third-order valence-corrected chi connectivity index (χ3v) is 5.09. The lowest BCUT2D eigenvalue weighted by atomic mass is 10.1. The van der Waals surface area contributed by atoms with E-state index < -0.39 is 0 Å². The van der Waals surface area contributed by atoms with Gasteiger partial charge in [-0.1, -0.05) is 45.8 Å². The maximum Gasteiger partial charge on any atom is 0.142 e. The number of aliphatic imine (C=N–C) groups is 1. The zero-order chi connectivity index (χ0) is 19.9. The van der Waals surface area contributed by atoms with Crippen LogP contribution in [0.4, 0.5) is 5.69 Å². The highest BCUT2D eigenvalue weighted by Gasteiger charge is 2.09. The predicted molar refractivity (Wildman–Crippen MR) is 122 cm³/mol. The van der Waals surface area contributed by atoms with Crippen LogP contribution in [0.25, 0.3) is 0 Å². The molecule has 0 saturated heterocycles. The van der Waals surface area contributed by atoms with Gasteiger partial charge in [-0.3, -0.25) is 4.99 Å². The molecule has 5 heteroatoms.